The molecule has 0 unspecified atom stereocenters. The van der Waals surface area contributed by atoms with Crippen molar-refractivity contribution < 1.29 is 4.74 Å². The van der Waals surface area contributed by atoms with E-state index in [0.717, 1.165) is 42.9 Å². The number of rotatable bonds is 8. The minimum Gasteiger partial charge on any atom is -0.497 e. The quantitative estimate of drug-likeness (QED) is 0.272. The zero-order valence-electron chi connectivity index (χ0n) is 18.6. The number of aryl methyl sites for hydroxylation is 1. The Hall–Kier alpha value is -2.62. The summed E-state index contributed by atoms with van der Waals surface area (Å²) in [6.45, 7) is 3.96. The first kappa shape index (κ1) is 24.6. The lowest BCUT2D eigenvalue weighted by Crippen LogP contribution is -2.39. The highest BCUT2D eigenvalue weighted by molar-refractivity contribution is 14.0. The Kier molecular flexibility index (Phi) is 9.77. The first-order valence-electron chi connectivity index (χ1n) is 10.1. The maximum atomic E-state index is 5.23. The third-order valence-corrected chi connectivity index (χ3v) is 5.03. The maximum absolute atomic E-state index is 5.23. The van der Waals surface area contributed by atoms with Crippen LogP contribution in [0.1, 0.15) is 22.8 Å². The summed E-state index contributed by atoms with van der Waals surface area (Å²) in [6, 6.07) is 18.5. The molecule has 0 radical (unpaired) electrons. The van der Waals surface area contributed by atoms with E-state index in [4.69, 9.17) is 9.73 Å². The number of halogens is 1. The van der Waals surface area contributed by atoms with Crippen LogP contribution in [0.3, 0.4) is 0 Å². The summed E-state index contributed by atoms with van der Waals surface area (Å²) in [5, 5.41) is 11.8. The van der Waals surface area contributed by atoms with E-state index >= 15 is 0 Å². The highest BCUT2D eigenvalue weighted by Crippen LogP contribution is 2.11. The van der Waals surface area contributed by atoms with Crippen molar-refractivity contribution in [1.82, 2.24) is 25.0 Å². The summed E-state index contributed by atoms with van der Waals surface area (Å²) in [7, 11) is 5.69. The predicted molar refractivity (Wildman–Crippen MR) is 135 cm³/mol. The molecular weight excluding hydrogens is 503 g/mol. The average molecular weight is 534 g/mol. The number of methoxy groups -OCH3 is 1. The van der Waals surface area contributed by atoms with Crippen LogP contribution in [0.4, 0.5) is 0 Å². The van der Waals surface area contributed by atoms with Crippen molar-refractivity contribution >= 4 is 29.9 Å². The molecule has 0 atom stereocenters. The first-order chi connectivity index (χ1) is 14.6. The third kappa shape index (κ3) is 7.23. The molecule has 166 valence electrons. The van der Waals surface area contributed by atoms with E-state index < -0.39 is 0 Å². The number of guanidine groups is 1. The molecule has 31 heavy (non-hydrogen) atoms. The summed E-state index contributed by atoms with van der Waals surface area (Å²) >= 11 is 0. The Morgan fingerprint density at radius 3 is 2.39 bits per heavy atom. The van der Waals surface area contributed by atoms with Crippen molar-refractivity contribution in [1.29, 1.82) is 0 Å². The van der Waals surface area contributed by atoms with Gasteiger partial charge in [-0.05, 0) is 36.6 Å². The molecule has 8 heteroatoms. The van der Waals surface area contributed by atoms with Gasteiger partial charge in [0.05, 0.1) is 7.11 Å². The van der Waals surface area contributed by atoms with E-state index in [0.29, 0.717) is 6.54 Å². The fraction of sp³-hybridized carbons (Fsp3) is 0.348. The molecule has 3 aromatic rings. The lowest BCUT2D eigenvalue weighted by atomic mass is 10.1. The van der Waals surface area contributed by atoms with Crippen molar-refractivity contribution in [3.05, 3.63) is 77.4 Å². The summed E-state index contributed by atoms with van der Waals surface area (Å²) in [5.74, 6) is 3.44. The molecular formula is C23H31IN6O. The molecule has 0 bridgehead atoms. The maximum Gasteiger partial charge on any atom is 0.194 e. The molecule has 0 aliphatic rings. The van der Waals surface area contributed by atoms with E-state index in [1.54, 1.807) is 7.11 Å². The zero-order valence-corrected chi connectivity index (χ0v) is 20.9. The van der Waals surface area contributed by atoms with Crippen LogP contribution in [0, 0.1) is 6.92 Å². The van der Waals surface area contributed by atoms with Crippen molar-refractivity contribution in [3.63, 3.8) is 0 Å². The van der Waals surface area contributed by atoms with Crippen LogP contribution in [-0.2, 0) is 26.6 Å². The highest BCUT2D eigenvalue weighted by atomic mass is 127. The zero-order chi connectivity index (χ0) is 21.3. The summed E-state index contributed by atoms with van der Waals surface area (Å²) in [4.78, 5) is 6.94. The highest BCUT2D eigenvalue weighted by Gasteiger charge is 2.10. The molecule has 0 amide bonds. The van der Waals surface area contributed by atoms with Gasteiger partial charge < -0.3 is 19.5 Å². The summed E-state index contributed by atoms with van der Waals surface area (Å²) in [5.41, 5.74) is 2.48. The Balaban J connectivity index is 0.00000341. The second-order valence-electron chi connectivity index (χ2n) is 7.23. The molecule has 0 aliphatic heterocycles. The number of aromatic nitrogens is 3. The predicted octanol–water partition coefficient (Wildman–Crippen LogP) is 3.57. The Bertz CT molecular complexity index is 956. The summed E-state index contributed by atoms with van der Waals surface area (Å²) in [6.07, 6.45) is 0.894. The van der Waals surface area contributed by atoms with Gasteiger partial charge in [-0.2, -0.15) is 0 Å². The van der Waals surface area contributed by atoms with Crippen LogP contribution in [0.15, 0.2) is 59.6 Å². The van der Waals surface area contributed by atoms with Crippen LogP contribution >= 0.6 is 24.0 Å². The number of benzene rings is 2. The number of aliphatic imine (C=N–C) groups is 1. The molecule has 3 rings (SSSR count). The lowest BCUT2D eigenvalue weighted by molar-refractivity contribution is 0.414. The van der Waals surface area contributed by atoms with Crippen molar-refractivity contribution in [2.45, 2.75) is 26.4 Å². The molecule has 0 fully saturated rings. The van der Waals surface area contributed by atoms with E-state index in [9.17, 15) is 0 Å². The molecule has 1 N–H and O–H groups in total. The number of hydrogen-bond acceptors (Lipinski definition) is 4. The van der Waals surface area contributed by atoms with Crippen molar-refractivity contribution in [3.8, 4) is 5.75 Å². The molecule has 2 aromatic carbocycles. The fourth-order valence-corrected chi connectivity index (χ4v) is 3.09. The largest absolute Gasteiger partial charge is 0.497 e. The van der Waals surface area contributed by atoms with Gasteiger partial charge in [0.1, 0.15) is 18.1 Å². The van der Waals surface area contributed by atoms with Gasteiger partial charge in [0.25, 0.3) is 0 Å². The first-order valence-corrected chi connectivity index (χ1v) is 10.1. The van der Waals surface area contributed by atoms with Gasteiger partial charge >= 0.3 is 0 Å². The molecule has 1 aromatic heterocycles. The van der Waals surface area contributed by atoms with Crippen LogP contribution in [0.5, 0.6) is 5.75 Å². The molecule has 0 saturated carbocycles. The Labute approximate surface area is 201 Å². The Morgan fingerprint density at radius 2 is 1.77 bits per heavy atom. The number of ether oxygens (including phenoxy) is 1. The van der Waals surface area contributed by atoms with E-state index in [2.05, 4.69) is 56.8 Å². The normalized spacial score (nSPS) is 11.0. The van der Waals surface area contributed by atoms with Gasteiger partial charge in [0, 0.05) is 27.2 Å². The molecule has 1 heterocycles. The van der Waals surface area contributed by atoms with Gasteiger partial charge in [0.2, 0.25) is 0 Å². The van der Waals surface area contributed by atoms with Crippen LogP contribution in [-0.4, -0.2) is 46.3 Å². The SMILES string of the molecule is COc1ccc(CCNC(=NCc2nnc(C)n2C)N(C)Cc2ccccc2)cc1.I. The van der Waals surface area contributed by atoms with Crippen LogP contribution < -0.4 is 10.1 Å². The average Bonchev–Trinajstić information content (AvgIpc) is 3.09. The van der Waals surface area contributed by atoms with Gasteiger partial charge in [-0.1, -0.05) is 42.5 Å². The van der Waals surface area contributed by atoms with Crippen molar-refractivity contribution in [2.75, 3.05) is 20.7 Å². The van der Waals surface area contributed by atoms with Crippen LogP contribution in [0.25, 0.3) is 0 Å². The topological polar surface area (TPSA) is 67.6 Å². The third-order valence-electron chi connectivity index (χ3n) is 5.03. The molecule has 0 saturated heterocycles. The lowest BCUT2D eigenvalue weighted by Gasteiger charge is -2.23. The van der Waals surface area contributed by atoms with Crippen molar-refractivity contribution in [2.24, 2.45) is 12.0 Å². The smallest absolute Gasteiger partial charge is 0.194 e. The second kappa shape index (κ2) is 12.3. The summed E-state index contributed by atoms with van der Waals surface area (Å²) < 4.78 is 7.20. The minimum absolute atomic E-state index is 0. The number of nitrogens with zero attached hydrogens (tertiary/aromatic N) is 5. The fourth-order valence-electron chi connectivity index (χ4n) is 3.09. The molecule has 0 spiro atoms. The monoisotopic (exact) mass is 534 g/mol. The number of hydrogen-bond donors (Lipinski definition) is 1. The van der Waals surface area contributed by atoms with E-state index in [1.807, 2.05) is 43.8 Å². The molecule has 0 aliphatic carbocycles. The Morgan fingerprint density at radius 1 is 1.06 bits per heavy atom. The van der Waals surface area contributed by atoms with E-state index in [1.165, 1.54) is 11.1 Å². The van der Waals surface area contributed by atoms with E-state index in [-0.39, 0.29) is 24.0 Å². The van der Waals surface area contributed by atoms with Gasteiger partial charge in [-0.3, -0.25) is 0 Å². The standard InChI is InChI=1S/C23H30N6O.HI/c1-18-26-27-22(29(18)3)16-25-23(28(2)17-20-8-6-5-7-9-20)24-15-14-19-10-12-21(30-4)13-11-19;/h5-13H,14-17H2,1-4H3,(H,24,25);1H. The van der Waals surface area contributed by atoms with Gasteiger partial charge in [0.15, 0.2) is 11.8 Å². The minimum atomic E-state index is 0. The number of nitrogens with one attached hydrogen (secondary N) is 1. The van der Waals surface area contributed by atoms with Crippen LogP contribution in [0.2, 0.25) is 0 Å². The molecule has 7 nitrogen and oxygen atoms in total. The van der Waals surface area contributed by atoms with Gasteiger partial charge in [-0.15, -0.1) is 34.2 Å². The van der Waals surface area contributed by atoms with Gasteiger partial charge in [-0.25, -0.2) is 4.99 Å². The second-order valence-corrected chi connectivity index (χ2v) is 7.23.